The SMILES string of the molecule is CN=C(NCC(C)CN1CCN(C)CC1)N1CCN(c2ccccc2F)CC1.I. The average Bonchev–Trinajstić information content (AvgIpc) is 2.71. The Balaban J connectivity index is 0.00000300. The number of rotatable bonds is 5. The summed E-state index contributed by atoms with van der Waals surface area (Å²) in [7, 11) is 4.04. The van der Waals surface area contributed by atoms with Crippen LogP contribution in [0.3, 0.4) is 0 Å². The van der Waals surface area contributed by atoms with Crippen molar-refractivity contribution in [3.8, 4) is 0 Å². The summed E-state index contributed by atoms with van der Waals surface area (Å²) in [4.78, 5) is 13.8. The molecule has 2 aliphatic heterocycles. The summed E-state index contributed by atoms with van der Waals surface area (Å²) in [5, 5.41) is 3.55. The first kappa shape index (κ1) is 24.1. The van der Waals surface area contributed by atoms with Gasteiger partial charge in [0.05, 0.1) is 5.69 Å². The maximum atomic E-state index is 14.0. The van der Waals surface area contributed by atoms with Crippen LogP contribution in [0.1, 0.15) is 6.92 Å². The molecule has 1 N–H and O–H groups in total. The summed E-state index contributed by atoms with van der Waals surface area (Å²) in [6.45, 7) is 12.3. The summed E-state index contributed by atoms with van der Waals surface area (Å²) in [5.74, 6) is 1.38. The van der Waals surface area contributed by atoms with E-state index in [-0.39, 0.29) is 29.8 Å². The van der Waals surface area contributed by atoms with Gasteiger partial charge in [0, 0.05) is 72.5 Å². The third-order valence-corrected chi connectivity index (χ3v) is 5.76. The number of benzene rings is 1. The highest BCUT2D eigenvalue weighted by Crippen LogP contribution is 2.20. The fourth-order valence-corrected chi connectivity index (χ4v) is 4.00. The van der Waals surface area contributed by atoms with Crippen molar-refractivity contribution in [1.82, 2.24) is 20.0 Å². The molecule has 8 heteroatoms. The van der Waals surface area contributed by atoms with E-state index < -0.39 is 0 Å². The predicted octanol–water partition coefficient (Wildman–Crippen LogP) is 2.02. The number of hydrogen-bond acceptors (Lipinski definition) is 4. The largest absolute Gasteiger partial charge is 0.366 e. The molecule has 1 aromatic carbocycles. The zero-order valence-electron chi connectivity index (χ0n) is 18.0. The number of para-hydroxylation sites is 1. The molecule has 3 rings (SSSR count). The van der Waals surface area contributed by atoms with Crippen LogP contribution in [0.2, 0.25) is 0 Å². The third-order valence-electron chi connectivity index (χ3n) is 5.76. The molecule has 2 heterocycles. The Bertz CT molecular complexity index is 642. The molecule has 0 amide bonds. The monoisotopic (exact) mass is 518 g/mol. The van der Waals surface area contributed by atoms with E-state index in [9.17, 15) is 4.39 Å². The van der Waals surface area contributed by atoms with Gasteiger partial charge in [-0.05, 0) is 25.1 Å². The highest BCUT2D eigenvalue weighted by molar-refractivity contribution is 14.0. The minimum atomic E-state index is -0.142. The number of halogens is 2. The van der Waals surface area contributed by atoms with Crippen molar-refractivity contribution in [2.45, 2.75) is 6.92 Å². The predicted molar refractivity (Wildman–Crippen MR) is 130 cm³/mol. The molecular weight excluding hydrogens is 482 g/mol. The van der Waals surface area contributed by atoms with Crippen LogP contribution in [-0.2, 0) is 0 Å². The Kier molecular flexibility index (Phi) is 9.91. The van der Waals surface area contributed by atoms with Crippen molar-refractivity contribution in [3.05, 3.63) is 30.1 Å². The first-order chi connectivity index (χ1) is 13.6. The lowest BCUT2D eigenvalue weighted by molar-refractivity contribution is 0.139. The molecule has 0 radical (unpaired) electrons. The van der Waals surface area contributed by atoms with Crippen LogP contribution in [0.5, 0.6) is 0 Å². The van der Waals surface area contributed by atoms with Gasteiger partial charge in [-0.25, -0.2) is 4.39 Å². The molecule has 0 bridgehead atoms. The van der Waals surface area contributed by atoms with Crippen LogP contribution in [-0.4, -0.2) is 100 Å². The zero-order chi connectivity index (χ0) is 19.9. The Labute approximate surface area is 192 Å². The van der Waals surface area contributed by atoms with Gasteiger partial charge in [0.1, 0.15) is 5.82 Å². The fourth-order valence-electron chi connectivity index (χ4n) is 4.00. The lowest BCUT2D eigenvalue weighted by Crippen LogP contribution is -2.53. The molecule has 0 spiro atoms. The minimum absolute atomic E-state index is 0. The number of guanidine groups is 1. The van der Waals surface area contributed by atoms with Crippen molar-refractivity contribution in [3.63, 3.8) is 0 Å². The first-order valence-electron chi connectivity index (χ1n) is 10.4. The van der Waals surface area contributed by atoms with E-state index in [0.29, 0.717) is 11.6 Å². The van der Waals surface area contributed by atoms with E-state index in [0.717, 1.165) is 71.4 Å². The molecule has 0 saturated carbocycles. The molecule has 6 nitrogen and oxygen atoms in total. The Morgan fingerprint density at radius 1 is 1.07 bits per heavy atom. The number of aliphatic imine (C=N–C) groups is 1. The van der Waals surface area contributed by atoms with Crippen LogP contribution in [0, 0.1) is 11.7 Å². The van der Waals surface area contributed by atoms with Gasteiger partial charge in [0.15, 0.2) is 5.96 Å². The number of nitrogens with one attached hydrogen (secondary N) is 1. The van der Waals surface area contributed by atoms with Gasteiger partial charge in [-0.3, -0.25) is 4.99 Å². The summed E-state index contributed by atoms with van der Waals surface area (Å²) in [6, 6.07) is 7.03. The Hall–Kier alpha value is -1.13. The van der Waals surface area contributed by atoms with E-state index in [1.54, 1.807) is 6.07 Å². The van der Waals surface area contributed by atoms with Crippen molar-refractivity contribution in [2.24, 2.45) is 10.9 Å². The molecular formula is C21H36FIN6. The van der Waals surface area contributed by atoms with Gasteiger partial charge < -0.3 is 24.9 Å². The summed E-state index contributed by atoms with van der Waals surface area (Å²) < 4.78 is 14.0. The molecule has 164 valence electrons. The van der Waals surface area contributed by atoms with E-state index in [1.165, 1.54) is 6.07 Å². The standard InChI is InChI=1S/C21H35FN6.HI/c1-18(17-26-10-8-25(3)9-11-26)16-24-21(23-2)28-14-12-27(13-15-28)20-7-5-4-6-19(20)22;/h4-7,18H,8-17H2,1-3H3,(H,23,24);1H. The first-order valence-corrected chi connectivity index (χ1v) is 10.4. The van der Waals surface area contributed by atoms with Gasteiger partial charge >= 0.3 is 0 Å². The smallest absolute Gasteiger partial charge is 0.193 e. The number of piperazine rings is 2. The van der Waals surface area contributed by atoms with Crippen LogP contribution in [0.4, 0.5) is 10.1 Å². The highest BCUT2D eigenvalue weighted by atomic mass is 127. The van der Waals surface area contributed by atoms with Crippen molar-refractivity contribution in [1.29, 1.82) is 0 Å². The lowest BCUT2D eigenvalue weighted by Gasteiger charge is -2.38. The van der Waals surface area contributed by atoms with Crippen LogP contribution < -0.4 is 10.2 Å². The number of anilines is 1. The van der Waals surface area contributed by atoms with Gasteiger partial charge in [0.25, 0.3) is 0 Å². The second-order valence-electron chi connectivity index (χ2n) is 8.06. The van der Waals surface area contributed by atoms with Crippen molar-refractivity contribution >= 4 is 35.6 Å². The van der Waals surface area contributed by atoms with Crippen molar-refractivity contribution in [2.75, 3.05) is 84.4 Å². The average molecular weight is 518 g/mol. The molecule has 1 unspecified atom stereocenters. The number of nitrogens with zero attached hydrogens (tertiary/aromatic N) is 5. The molecule has 1 aromatic rings. The van der Waals surface area contributed by atoms with Crippen LogP contribution in [0.25, 0.3) is 0 Å². The van der Waals surface area contributed by atoms with Crippen molar-refractivity contribution < 1.29 is 4.39 Å². The third kappa shape index (κ3) is 6.96. The topological polar surface area (TPSA) is 37.4 Å². The summed E-state index contributed by atoms with van der Waals surface area (Å²) in [5.41, 5.74) is 0.700. The molecule has 2 saturated heterocycles. The van der Waals surface area contributed by atoms with E-state index in [2.05, 4.69) is 43.9 Å². The van der Waals surface area contributed by atoms with Gasteiger partial charge in [-0.15, -0.1) is 24.0 Å². The van der Waals surface area contributed by atoms with Crippen LogP contribution >= 0.6 is 24.0 Å². The summed E-state index contributed by atoms with van der Waals surface area (Å²) >= 11 is 0. The molecule has 0 aliphatic carbocycles. The molecule has 2 aliphatic rings. The van der Waals surface area contributed by atoms with E-state index in [1.807, 2.05) is 19.2 Å². The summed E-state index contributed by atoms with van der Waals surface area (Å²) in [6.07, 6.45) is 0. The second-order valence-corrected chi connectivity index (χ2v) is 8.06. The number of likely N-dealkylation sites (N-methyl/N-ethyl adjacent to an activating group) is 1. The maximum Gasteiger partial charge on any atom is 0.193 e. The lowest BCUT2D eigenvalue weighted by atomic mass is 10.1. The number of hydrogen-bond donors (Lipinski definition) is 1. The second kappa shape index (κ2) is 11.9. The molecule has 1 atom stereocenters. The normalized spacial score (nSPS) is 20.3. The highest BCUT2D eigenvalue weighted by Gasteiger charge is 2.22. The van der Waals surface area contributed by atoms with E-state index >= 15 is 0 Å². The minimum Gasteiger partial charge on any atom is -0.366 e. The zero-order valence-corrected chi connectivity index (χ0v) is 20.3. The fraction of sp³-hybridized carbons (Fsp3) is 0.667. The maximum absolute atomic E-state index is 14.0. The molecule has 29 heavy (non-hydrogen) atoms. The Morgan fingerprint density at radius 3 is 2.34 bits per heavy atom. The van der Waals surface area contributed by atoms with Gasteiger partial charge in [0.2, 0.25) is 0 Å². The van der Waals surface area contributed by atoms with Crippen LogP contribution in [0.15, 0.2) is 29.3 Å². The molecule has 0 aromatic heterocycles. The molecule has 2 fully saturated rings. The van der Waals surface area contributed by atoms with Gasteiger partial charge in [-0.2, -0.15) is 0 Å². The Morgan fingerprint density at radius 2 is 1.72 bits per heavy atom. The van der Waals surface area contributed by atoms with Gasteiger partial charge in [-0.1, -0.05) is 19.1 Å². The van der Waals surface area contributed by atoms with E-state index in [4.69, 9.17) is 0 Å². The quantitative estimate of drug-likeness (QED) is 0.367.